The molecule has 0 radical (unpaired) electrons. The number of alkyl halides is 3. The van der Waals surface area contributed by atoms with Gasteiger partial charge < -0.3 is 9.80 Å². The molecule has 3 rings (SSSR count). The summed E-state index contributed by atoms with van der Waals surface area (Å²) in [5.74, 6) is -0.180. The van der Waals surface area contributed by atoms with Gasteiger partial charge in [0.15, 0.2) is 0 Å². The van der Waals surface area contributed by atoms with Gasteiger partial charge in [0, 0.05) is 37.4 Å². The number of anilines is 1. The first-order valence-corrected chi connectivity index (χ1v) is 10.9. The van der Waals surface area contributed by atoms with Crippen molar-refractivity contribution in [2.24, 2.45) is 0 Å². The number of carbonyl (C=O) groups is 1. The van der Waals surface area contributed by atoms with E-state index in [-0.39, 0.29) is 16.5 Å². The second kappa shape index (κ2) is 8.65. The summed E-state index contributed by atoms with van der Waals surface area (Å²) in [5, 5.41) is 0. The molecule has 0 bridgehead atoms. The average Bonchev–Trinajstić information content (AvgIpc) is 2.72. The minimum absolute atomic E-state index is 0.146. The summed E-state index contributed by atoms with van der Waals surface area (Å²) in [6.45, 7) is 5.76. The molecule has 0 aliphatic carbocycles. The minimum Gasteiger partial charge on any atom is -0.336 e. The minimum atomic E-state index is -4.58. The molecule has 1 aliphatic heterocycles. The van der Waals surface area contributed by atoms with Crippen LogP contribution in [0.2, 0.25) is 0 Å². The number of halogens is 3. The Bertz CT molecular complexity index is 1000. The van der Waals surface area contributed by atoms with Crippen LogP contribution in [0.15, 0.2) is 53.4 Å². The lowest BCUT2D eigenvalue weighted by Crippen LogP contribution is -2.48. The third-order valence-electron chi connectivity index (χ3n) is 4.96. The highest BCUT2D eigenvalue weighted by Gasteiger charge is 2.31. The summed E-state index contributed by atoms with van der Waals surface area (Å²) in [6, 6.07) is 9.31. The van der Waals surface area contributed by atoms with Gasteiger partial charge in [0.2, 0.25) is 0 Å². The first-order chi connectivity index (χ1) is 14.1. The van der Waals surface area contributed by atoms with Crippen molar-refractivity contribution in [3.05, 3.63) is 59.7 Å². The molecule has 1 N–H and O–H groups in total. The van der Waals surface area contributed by atoms with Crippen LogP contribution in [0.3, 0.4) is 0 Å². The van der Waals surface area contributed by atoms with Crippen molar-refractivity contribution >= 4 is 21.6 Å². The van der Waals surface area contributed by atoms with E-state index in [1.54, 1.807) is 4.90 Å². The summed E-state index contributed by atoms with van der Waals surface area (Å²) in [7, 11) is -4.10. The Morgan fingerprint density at radius 2 is 1.67 bits per heavy atom. The van der Waals surface area contributed by atoms with Crippen LogP contribution in [-0.2, 0) is 16.2 Å². The van der Waals surface area contributed by atoms with E-state index in [0.29, 0.717) is 18.7 Å². The van der Waals surface area contributed by atoms with Crippen LogP contribution in [0.4, 0.5) is 18.9 Å². The van der Waals surface area contributed by atoms with E-state index in [1.807, 2.05) is 0 Å². The van der Waals surface area contributed by atoms with Gasteiger partial charge in [-0.1, -0.05) is 13.0 Å². The van der Waals surface area contributed by atoms with Crippen molar-refractivity contribution in [3.63, 3.8) is 0 Å². The maximum Gasteiger partial charge on any atom is 0.416 e. The molecule has 2 aromatic rings. The molecule has 1 fully saturated rings. The van der Waals surface area contributed by atoms with Crippen molar-refractivity contribution in [1.82, 2.24) is 9.80 Å². The van der Waals surface area contributed by atoms with E-state index in [9.17, 15) is 26.4 Å². The molecular formula is C20H22F3N3O3S. The average molecular weight is 441 g/mol. The Morgan fingerprint density at radius 3 is 2.23 bits per heavy atom. The Hall–Kier alpha value is -2.59. The molecule has 30 heavy (non-hydrogen) atoms. The fraction of sp³-hybridized carbons (Fsp3) is 0.350. The van der Waals surface area contributed by atoms with E-state index < -0.39 is 21.8 Å². The van der Waals surface area contributed by atoms with Crippen molar-refractivity contribution in [2.45, 2.75) is 18.0 Å². The lowest BCUT2D eigenvalue weighted by molar-refractivity contribution is -0.137. The molecule has 0 spiro atoms. The van der Waals surface area contributed by atoms with E-state index in [4.69, 9.17) is 0 Å². The predicted molar refractivity (Wildman–Crippen MR) is 107 cm³/mol. The maximum absolute atomic E-state index is 12.8. The Labute approximate surface area is 173 Å². The van der Waals surface area contributed by atoms with Crippen molar-refractivity contribution in [2.75, 3.05) is 37.4 Å². The summed E-state index contributed by atoms with van der Waals surface area (Å²) in [4.78, 5) is 16.4. The topological polar surface area (TPSA) is 69.7 Å². The summed E-state index contributed by atoms with van der Waals surface area (Å²) in [5.41, 5.74) is -0.788. The van der Waals surface area contributed by atoms with Gasteiger partial charge in [-0.15, -0.1) is 0 Å². The molecule has 1 amide bonds. The zero-order valence-electron chi connectivity index (χ0n) is 16.3. The van der Waals surface area contributed by atoms with Gasteiger partial charge in [-0.3, -0.25) is 9.52 Å². The summed E-state index contributed by atoms with van der Waals surface area (Å²) >= 11 is 0. The van der Waals surface area contributed by atoms with Gasteiger partial charge in [-0.05, 0) is 49.0 Å². The number of likely N-dealkylation sites (N-methyl/N-ethyl adjacent to an activating group) is 1. The molecule has 1 saturated heterocycles. The van der Waals surface area contributed by atoms with Gasteiger partial charge in [0.1, 0.15) is 0 Å². The highest BCUT2D eigenvalue weighted by atomic mass is 32.2. The fourth-order valence-electron chi connectivity index (χ4n) is 3.20. The van der Waals surface area contributed by atoms with Crippen molar-refractivity contribution in [3.8, 4) is 0 Å². The number of amides is 1. The molecule has 0 unspecified atom stereocenters. The normalized spacial score (nSPS) is 15.8. The van der Waals surface area contributed by atoms with Gasteiger partial charge >= 0.3 is 6.18 Å². The van der Waals surface area contributed by atoms with Crippen LogP contribution in [0, 0.1) is 0 Å². The zero-order valence-corrected chi connectivity index (χ0v) is 17.1. The van der Waals surface area contributed by atoms with Crippen molar-refractivity contribution < 1.29 is 26.4 Å². The summed E-state index contributed by atoms with van der Waals surface area (Å²) < 4.78 is 65.7. The monoisotopic (exact) mass is 441 g/mol. The molecule has 162 valence electrons. The Balaban J connectivity index is 1.71. The largest absolute Gasteiger partial charge is 0.416 e. The van der Waals surface area contributed by atoms with Crippen LogP contribution in [-0.4, -0.2) is 56.8 Å². The molecule has 6 nitrogen and oxygen atoms in total. The Kier molecular flexibility index (Phi) is 6.37. The van der Waals surface area contributed by atoms with Crippen LogP contribution >= 0.6 is 0 Å². The molecule has 0 saturated carbocycles. The van der Waals surface area contributed by atoms with Gasteiger partial charge in [-0.2, -0.15) is 13.2 Å². The number of benzene rings is 2. The number of hydrogen-bond donors (Lipinski definition) is 1. The third kappa shape index (κ3) is 5.11. The highest BCUT2D eigenvalue weighted by molar-refractivity contribution is 7.92. The van der Waals surface area contributed by atoms with Crippen LogP contribution in [0.25, 0.3) is 0 Å². The predicted octanol–water partition coefficient (Wildman–Crippen LogP) is 3.28. The molecule has 1 aliphatic rings. The SMILES string of the molecule is CCN1CCN(C(=O)c2ccc(S(=O)(=O)Nc3cccc(C(F)(F)F)c3)cc2)CC1. The number of sulfonamides is 1. The first-order valence-electron chi connectivity index (χ1n) is 9.42. The molecule has 0 aromatic heterocycles. The number of nitrogens with one attached hydrogen (secondary N) is 1. The zero-order chi connectivity index (χ0) is 21.9. The number of hydrogen-bond acceptors (Lipinski definition) is 4. The van der Waals surface area contributed by atoms with Gasteiger partial charge in [0.25, 0.3) is 15.9 Å². The van der Waals surface area contributed by atoms with Crippen molar-refractivity contribution in [1.29, 1.82) is 0 Å². The smallest absolute Gasteiger partial charge is 0.336 e. The molecule has 1 heterocycles. The van der Waals surface area contributed by atoms with Gasteiger partial charge in [-0.25, -0.2) is 8.42 Å². The second-order valence-electron chi connectivity index (χ2n) is 6.93. The van der Waals surface area contributed by atoms with Gasteiger partial charge in [0.05, 0.1) is 10.5 Å². The molecule has 2 aromatic carbocycles. The number of piperazine rings is 1. The Morgan fingerprint density at radius 1 is 1.03 bits per heavy atom. The lowest BCUT2D eigenvalue weighted by atomic mass is 10.2. The van der Waals surface area contributed by atoms with Crippen LogP contribution in [0.5, 0.6) is 0 Å². The first kappa shape index (κ1) is 22.1. The van der Waals surface area contributed by atoms with E-state index in [1.165, 1.54) is 30.3 Å². The highest BCUT2D eigenvalue weighted by Crippen LogP contribution is 2.31. The van der Waals surface area contributed by atoms with Crippen LogP contribution in [0.1, 0.15) is 22.8 Å². The van der Waals surface area contributed by atoms with E-state index in [0.717, 1.165) is 37.8 Å². The quantitative estimate of drug-likeness (QED) is 0.773. The standard InChI is InChI=1S/C20H22F3N3O3S/c1-2-25-10-12-26(13-11-25)19(27)15-6-8-18(9-7-15)30(28,29)24-17-5-3-4-16(14-17)20(21,22)23/h3-9,14,24H,2,10-13H2,1H3. The number of rotatable bonds is 5. The second-order valence-corrected chi connectivity index (χ2v) is 8.62. The van der Waals surface area contributed by atoms with E-state index >= 15 is 0 Å². The number of nitrogens with zero attached hydrogens (tertiary/aromatic N) is 2. The molecule has 10 heteroatoms. The lowest BCUT2D eigenvalue weighted by Gasteiger charge is -2.34. The molecular weight excluding hydrogens is 419 g/mol. The third-order valence-corrected chi connectivity index (χ3v) is 6.36. The summed E-state index contributed by atoms with van der Waals surface area (Å²) in [6.07, 6.45) is -4.58. The van der Waals surface area contributed by atoms with Crippen LogP contribution < -0.4 is 4.72 Å². The number of carbonyl (C=O) groups excluding carboxylic acids is 1. The molecule has 0 atom stereocenters. The van der Waals surface area contributed by atoms with E-state index in [2.05, 4.69) is 16.5 Å². The fourth-order valence-corrected chi connectivity index (χ4v) is 4.25. The maximum atomic E-state index is 12.8.